The summed E-state index contributed by atoms with van der Waals surface area (Å²) in [5, 5.41) is 10.1. The monoisotopic (exact) mass is 340 g/mol. The number of carbonyl (C=O) groups is 1. The van der Waals surface area contributed by atoms with Crippen molar-refractivity contribution in [1.82, 2.24) is 10.2 Å². The highest BCUT2D eigenvalue weighted by molar-refractivity contribution is 5.91. The second kappa shape index (κ2) is 7.72. The van der Waals surface area contributed by atoms with E-state index in [1.165, 1.54) is 18.5 Å². The first-order valence-corrected chi connectivity index (χ1v) is 9.18. The molecule has 0 bridgehead atoms. The van der Waals surface area contributed by atoms with E-state index in [1.807, 2.05) is 26.0 Å². The van der Waals surface area contributed by atoms with Crippen LogP contribution in [0.1, 0.15) is 43.1 Å². The number of H-pyrrole nitrogens is 1. The van der Waals surface area contributed by atoms with Crippen molar-refractivity contribution in [3.8, 4) is 0 Å². The first-order chi connectivity index (χ1) is 12.0. The van der Waals surface area contributed by atoms with Gasteiger partial charge in [-0.05, 0) is 68.9 Å². The molecule has 2 heterocycles. The maximum absolute atomic E-state index is 12.2. The van der Waals surface area contributed by atoms with Crippen LogP contribution >= 0.6 is 0 Å². The number of nitrogens with one attached hydrogen (secondary N) is 2. The summed E-state index contributed by atoms with van der Waals surface area (Å²) < 4.78 is 0. The molecule has 2 N–H and O–H groups in total. The maximum Gasteiger partial charge on any atom is 0.224 e. The van der Waals surface area contributed by atoms with Gasteiger partial charge in [-0.15, -0.1) is 0 Å². The third kappa shape index (κ3) is 4.41. The largest absolute Gasteiger partial charge is 0.372 e. The standard InChI is InChI=1S/C20H28N4O/c1-14-10-12-24(13-11-14)18-6-4-17(5-7-18)21-20(25)9-8-19-15(2)22-23-16(19)3/h4-7,14H,8-13H2,1-3H3,(H,21,25)(H,22,23). The summed E-state index contributed by atoms with van der Waals surface area (Å²) in [7, 11) is 0. The van der Waals surface area contributed by atoms with Crippen LogP contribution in [0.15, 0.2) is 24.3 Å². The van der Waals surface area contributed by atoms with E-state index in [-0.39, 0.29) is 5.91 Å². The summed E-state index contributed by atoms with van der Waals surface area (Å²) in [4.78, 5) is 14.6. The minimum absolute atomic E-state index is 0.0412. The molecule has 0 atom stereocenters. The number of anilines is 2. The predicted octanol–water partition coefficient (Wildman–Crippen LogP) is 3.83. The number of aromatic amines is 1. The second-order valence-electron chi connectivity index (χ2n) is 7.18. The van der Waals surface area contributed by atoms with Crippen molar-refractivity contribution in [1.29, 1.82) is 0 Å². The van der Waals surface area contributed by atoms with Crippen molar-refractivity contribution in [2.75, 3.05) is 23.3 Å². The van der Waals surface area contributed by atoms with Gasteiger partial charge >= 0.3 is 0 Å². The third-order valence-corrected chi connectivity index (χ3v) is 5.18. The fourth-order valence-corrected chi connectivity index (χ4v) is 3.43. The number of aromatic nitrogens is 2. The molecule has 134 valence electrons. The Morgan fingerprint density at radius 3 is 2.52 bits per heavy atom. The molecule has 0 spiro atoms. The molecule has 5 heteroatoms. The summed E-state index contributed by atoms with van der Waals surface area (Å²) in [5.41, 5.74) is 5.27. The van der Waals surface area contributed by atoms with Gasteiger partial charge in [0.2, 0.25) is 5.91 Å². The Hall–Kier alpha value is -2.30. The number of amides is 1. The molecule has 1 aromatic heterocycles. The minimum atomic E-state index is 0.0412. The molecule has 5 nitrogen and oxygen atoms in total. The van der Waals surface area contributed by atoms with Gasteiger partial charge in [-0.3, -0.25) is 9.89 Å². The van der Waals surface area contributed by atoms with E-state index >= 15 is 0 Å². The number of piperidine rings is 1. The molecule has 2 aromatic rings. The summed E-state index contributed by atoms with van der Waals surface area (Å²) in [6, 6.07) is 8.21. The topological polar surface area (TPSA) is 61.0 Å². The van der Waals surface area contributed by atoms with Gasteiger partial charge in [0.15, 0.2) is 0 Å². The smallest absolute Gasteiger partial charge is 0.224 e. The summed E-state index contributed by atoms with van der Waals surface area (Å²) in [6.45, 7) is 8.53. The van der Waals surface area contributed by atoms with Crippen LogP contribution in [-0.4, -0.2) is 29.2 Å². The van der Waals surface area contributed by atoms with Crippen molar-refractivity contribution in [3.05, 3.63) is 41.2 Å². The number of carbonyl (C=O) groups excluding carboxylic acids is 1. The van der Waals surface area contributed by atoms with E-state index < -0.39 is 0 Å². The van der Waals surface area contributed by atoms with Crippen LogP contribution in [0.5, 0.6) is 0 Å². The van der Waals surface area contributed by atoms with Crippen molar-refractivity contribution in [3.63, 3.8) is 0 Å². The van der Waals surface area contributed by atoms with Gasteiger partial charge in [0.25, 0.3) is 0 Å². The minimum Gasteiger partial charge on any atom is -0.372 e. The van der Waals surface area contributed by atoms with E-state index in [0.717, 1.165) is 41.6 Å². The zero-order chi connectivity index (χ0) is 17.8. The summed E-state index contributed by atoms with van der Waals surface area (Å²) >= 11 is 0. The highest BCUT2D eigenvalue weighted by Gasteiger charge is 2.16. The lowest BCUT2D eigenvalue weighted by Gasteiger charge is -2.32. The van der Waals surface area contributed by atoms with Crippen LogP contribution in [0.25, 0.3) is 0 Å². The lowest BCUT2D eigenvalue weighted by Crippen LogP contribution is -2.32. The number of hydrogen-bond donors (Lipinski definition) is 2. The fraction of sp³-hybridized carbons (Fsp3) is 0.500. The van der Waals surface area contributed by atoms with Crippen LogP contribution in [0.4, 0.5) is 11.4 Å². The number of aryl methyl sites for hydroxylation is 2. The normalized spacial score (nSPS) is 15.4. The van der Waals surface area contributed by atoms with Gasteiger partial charge in [0.05, 0.1) is 5.69 Å². The number of hydrogen-bond acceptors (Lipinski definition) is 3. The molecule has 3 rings (SSSR count). The lowest BCUT2D eigenvalue weighted by atomic mass is 9.99. The first-order valence-electron chi connectivity index (χ1n) is 9.18. The van der Waals surface area contributed by atoms with E-state index in [2.05, 4.69) is 39.5 Å². The lowest BCUT2D eigenvalue weighted by molar-refractivity contribution is -0.116. The van der Waals surface area contributed by atoms with Crippen LogP contribution < -0.4 is 10.2 Å². The van der Waals surface area contributed by atoms with E-state index in [0.29, 0.717) is 12.8 Å². The summed E-state index contributed by atoms with van der Waals surface area (Å²) in [6.07, 6.45) is 3.69. The van der Waals surface area contributed by atoms with E-state index in [9.17, 15) is 4.79 Å². The van der Waals surface area contributed by atoms with Crippen LogP contribution in [-0.2, 0) is 11.2 Å². The van der Waals surface area contributed by atoms with Crippen LogP contribution in [0.2, 0.25) is 0 Å². The predicted molar refractivity (Wildman–Crippen MR) is 102 cm³/mol. The average Bonchev–Trinajstić information content (AvgIpc) is 2.93. The number of benzene rings is 1. The molecular weight excluding hydrogens is 312 g/mol. The maximum atomic E-state index is 12.2. The molecule has 0 radical (unpaired) electrons. The van der Waals surface area contributed by atoms with Crippen LogP contribution in [0, 0.1) is 19.8 Å². The molecule has 0 saturated carbocycles. The highest BCUT2D eigenvalue weighted by Crippen LogP contribution is 2.24. The molecule has 1 aliphatic heterocycles. The molecular formula is C20H28N4O. The Balaban J connectivity index is 1.52. The van der Waals surface area contributed by atoms with E-state index in [4.69, 9.17) is 0 Å². The first kappa shape index (κ1) is 17.5. The third-order valence-electron chi connectivity index (χ3n) is 5.18. The van der Waals surface area contributed by atoms with Gasteiger partial charge in [-0.1, -0.05) is 6.92 Å². The molecule has 1 saturated heterocycles. The van der Waals surface area contributed by atoms with Gasteiger partial charge in [0, 0.05) is 36.6 Å². The van der Waals surface area contributed by atoms with Crippen molar-refractivity contribution in [2.45, 2.75) is 46.5 Å². The van der Waals surface area contributed by atoms with Gasteiger partial charge in [0.1, 0.15) is 0 Å². The number of rotatable bonds is 5. The average molecular weight is 340 g/mol. The van der Waals surface area contributed by atoms with Gasteiger partial charge in [-0.2, -0.15) is 5.10 Å². The van der Waals surface area contributed by atoms with E-state index in [1.54, 1.807) is 0 Å². The summed E-state index contributed by atoms with van der Waals surface area (Å²) in [5.74, 6) is 0.872. The van der Waals surface area contributed by atoms with Crippen molar-refractivity contribution >= 4 is 17.3 Å². The molecule has 0 aliphatic carbocycles. The molecule has 1 amide bonds. The molecule has 0 unspecified atom stereocenters. The molecule has 25 heavy (non-hydrogen) atoms. The van der Waals surface area contributed by atoms with Gasteiger partial charge in [-0.25, -0.2) is 0 Å². The van der Waals surface area contributed by atoms with Gasteiger partial charge < -0.3 is 10.2 Å². The quantitative estimate of drug-likeness (QED) is 0.869. The number of nitrogens with zero attached hydrogens (tertiary/aromatic N) is 2. The van der Waals surface area contributed by atoms with Crippen LogP contribution in [0.3, 0.4) is 0 Å². The van der Waals surface area contributed by atoms with Crippen molar-refractivity contribution < 1.29 is 4.79 Å². The fourth-order valence-electron chi connectivity index (χ4n) is 3.43. The van der Waals surface area contributed by atoms with Crippen molar-refractivity contribution in [2.24, 2.45) is 5.92 Å². The molecule has 1 fully saturated rings. The highest BCUT2D eigenvalue weighted by atomic mass is 16.1. The Morgan fingerprint density at radius 2 is 1.92 bits per heavy atom. The Morgan fingerprint density at radius 1 is 1.24 bits per heavy atom. The molecule has 1 aromatic carbocycles. The Labute approximate surface area is 149 Å². The Bertz CT molecular complexity index is 692. The zero-order valence-electron chi connectivity index (χ0n) is 15.4. The zero-order valence-corrected chi connectivity index (χ0v) is 15.4. The Kier molecular flexibility index (Phi) is 5.41. The molecule has 1 aliphatic rings. The SMILES string of the molecule is Cc1n[nH]c(C)c1CCC(=O)Nc1ccc(N2CCC(C)CC2)cc1. The second-order valence-corrected chi connectivity index (χ2v) is 7.18.